The van der Waals surface area contributed by atoms with Crippen molar-refractivity contribution in [2.75, 3.05) is 6.61 Å². The van der Waals surface area contributed by atoms with Crippen LogP contribution in [0, 0.1) is 11.7 Å². The minimum atomic E-state index is -4.04. The van der Waals surface area contributed by atoms with Gasteiger partial charge in [0.2, 0.25) is 0 Å². The van der Waals surface area contributed by atoms with Gasteiger partial charge in [-0.05, 0) is 35.4 Å². The van der Waals surface area contributed by atoms with E-state index in [1.54, 1.807) is 0 Å². The Morgan fingerprint density at radius 3 is 2.57 bits per heavy atom. The Kier molecular flexibility index (Phi) is 6.27. The highest BCUT2D eigenvalue weighted by molar-refractivity contribution is 6.30. The summed E-state index contributed by atoms with van der Waals surface area (Å²) in [6.07, 6.45) is 2.13. The first-order chi connectivity index (χ1) is 14.1. The zero-order valence-corrected chi connectivity index (χ0v) is 16.9. The van der Waals surface area contributed by atoms with E-state index in [0.717, 1.165) is 35.5 Å². The summed E-state index contributed by atoms with van der Waals surface area (Å²) in [5.74, 6) is -4.62. The molecule has 3 rings (SSSR count). The summed E-state index contributed by atoms with van der Waals surface area (Å²) in [7, 11) is 0. The molecular weight excluding hydrogens is 423 g/mol. The second-order valence-electron chi connectivity index (χ2n) is 7.11. The molecule has 0 saturated heterocycles. The SMILES string of the molecule is CC(C)COc1ccc(C(F)(F)C(O)(Cn2ncnn2)c2ccc(Cl)cc2F)nc1. The van der Waals surface area contributed by atoms with Gasteiger partial charge in [-0.15, -0.1) is 10.2 Å². The van der Waals surface area contributed by atoms with E-state index in [1.165, 1.54) is 12.1 Å². The van der Waals surface area contributed by atoms with Crippen LogP contribution in [-0.4, -0.2) is 36.9 Å². The first-order valence-corrected chi connectivity index (χ1v) is 9.37. The van der Waals surface area contributed by atoms with Gasteiger partial charge in [-0.2, -0.15) is 13.6 Å². The Morgan fingerprint density at radius 2 is 2.00 bits per heavy atom. The Bertz CT molecular complexity index is 986. The van der Waals surface area contributed by atoms with Crippen molar-refractivity contribution in [1.29, 1.82) is 0 Å². The molecular formula is C19H19ClF3N5O2. The van der Waals surface area contributed by atoms with Gasteiger partial charge in [0.25, 0.3) is 0 Å². The van der Waals surface area contributed by atoms with Crippen molar-refractivity contribution in [3.05, 3.63) is 65.0 Å². The second-order valence-corrected chi connectivity index (χ2v) is 7.55. The average molecular weight is 442 g/mol. The molecule has 3 aromatic rings. The fraction of sp³-hybridized carbons (Fsp3) is 0.368. The zero-order valence-electron chi connectivity index (χ0n) is 16.1. The van der Waals surface area contributed by atoms with Crippen molar-refractivity contribution in [2.45, 2.75) is 31.9 Å². The standard InChI is InChI=1S/C19H19ClF3N5O2/c1-12(2)9-30-14-4-6-17(24-8-14)19(22,23)18(29,10-28-26-11-25-27-28)15-5-3-13(20)7-16(15)21/h3-8,11-12,29H,9-10H2,1-2H3. The van der Waals surface area contributed by atoms with Gasteiger partial charge < -0.3 is 9.84 Å². The predicted octanol–water partition coefficient (Wildman–Crippen LogP) is 3.58. The first kappa shape index (κ1) is 22.0. The lowest BCUT2D eigenvalue weighted by molar-refractivity contribution is -0.209. The molecule has 30 heavy (non-hydrogen) atoms. The molecule has 0 aliphatic carbocycles. The normalized spacial score (nSPS) is 14.0. The topological polar surface area (TPSA) is 86.0 Å². The fourth-order valence-electron chi connectivity index (χ4n) is 2.77. The Morgan fingerprint density at radius 1 is 1.23 bits per heavy atom. The monoisotopic (exact) mass is 441 g/mol. The van der Waals surface area contributed by atoms with Crippen LogP contribution in [0.3, 0.4) is 0 Å². The number of halogens is 4. The molecule has 1 N–H and O–H groups in total. The summed E-state index contributed by atoms with van der Waals surface area (Å²) >= 11 is 5.74. The van der Waals surface area contributed by atoms with Gasteiger partial charge in [-0.3, -0.25) is 4.98 Å². The molecule has 0 aliphatic rings. The van der Waals surface area contributed by atoms with E-state index in [2.05, 4.69) is 20.4 Å². The summed E-state index contributed by atoms with van der Waals surface area (Å²) in [6.45, 7) is 3.38. The van der Waals surface area contributed by atoms with Crippen molar-refractivity contribution in [3.8, 4) is 5.75 Å². The van der Waals surface area contributed by atoms with Crippen molar-refractivity contribution < 1.29 is 23.0 Å². The van der Waals surface area contributed by atoms with Gasteiger partial charge in [-0.1, -0.05) is 31.5 Å². The minimum absolute atomic E-state index is 0.00873. The van der Waals surface area contributed by atoms with E-state index >= 15 is 8.78 Å². The minimum Gasteiger partial charge on any atom is -0.492 e. The lowest BCUT2D eigenvalue weighted by Gasteiger charge is -2.35. The van der Waals surface area contributed by atoms with Gasteiger partial charge in [0.1, 0.15) is 23.8 Å². The third-order valence-electron chi connectivity index (χ3n) is 4.30. The maximum atomic E-state index is 15.6. The summed E-state index contributed by atoms with van der Waals surface area (Å²) < 4.78 is 51.2. The number of rotatable bonds is 8. The molecule has 0 aliphatic heterocycles. The number of pyridine rings is 1. The number of benzene rings is 1. The molecule has 0 fully saturated rings. The third-order valence-corrected chi connectivity index (χ3v) is 4.53. The van der Waals surface area contributed by atoms with Crippen molar-refractivity contribution in [1.82, 2.24) is 25.2 Å². The molecule has 7 nitrogen and oxygen atoms in total. The lowest BCUT2D eigenvalue weighted by atomic mass is 9.84. The maximum absolute atomic E-state index is 15.6. The number of tetrazole rings is 1. The molecule has 160 valence electrons. The van der Waals surface area contributed by atoms with E-state index in [9.17, 15) is 9.50 Å². The van der Waals surface area contributed by atoms with Gasteiger partial charge in [0.05, 0.1) is 12.8 Å². The molecule has 0 amide bonds. The van der Waals surface area contributed by atoms with Crippen LogP contribution in [0.5, 0.6) is 5.75 Å². The molecule has 11 heteroatoms. The highest BCUT2D eigenvalue weighted by Crippen LogP contribution is 2.46. The number of aromatic nitrogens is 5. The first-order valence-electron chi connectivity index (χ1n) is 8.99. The van der Waals surface area contributed by atoms with Crippen molar-refractivity contribution >= 4 is 11.6 Å². The number of nitrogens with zero attached hydrogens (tertiary/aromatic N) is 5. The van der Waals surface area contributed by atoms with Crippen molar-refractivity contribution in [3.63, 3.8) is 0 Å². The highest BCUT2D eigenvalue weighted by Gasteiger charge is 2.58. The molecule has 1 aromatic carbocycles. The summed E-state index contributed by atoms with van der Waals surface area (Å²) in [5, 5.41) is 21.7. The van der Waals surface area contributed by atoms with Gasteiger partial charge >= 0.3 is 5.92 Å². The highest BCUT2D eigenvalue weighted by atomic mass is 35.5. The number of alkyl halides is 2. The van der Waals surface area contributed by atoms with Crippen LogP contribution in [-0.2, 0) is 18.1 Å². The van der Waals surface area contributed by atoms with E-state index < -0.39 is 35.1 Å². The maximum Gasteiger partial charge on any atom is 0.323 e. The van der Waals surface area contributed by atoms with Crippen LogP contribution < -0.4 is 4.74 Å². The summed E-state index contributed by atoms with van der Waals surface area (Å²) in [6, 6.07) is 5.35. The van der Waals surface area contributed by atoms with Gasteiger partial charge in [-0.25, -0.2) is 4.39 Å². The molecule has 1 unspecified atom stereocenters. The Balaban J connectivity index is 2.03. The van der Waals surface area contributed by atoms with Gasteiger partial charge in [0, 0.05) is 10.6 Å². The second kappa shape index (κ2) is 8.57. The molecule has 2 aromatic heterocycles. The number of aliphatic hydroxyl groups is 1. The lowest BCUT2D eigenvalue weighted by Crippen LogP contribution is -2.48. The van der Waals surface area contributed by atoms with Crippen LogP contribution in [0.15, 0.2) is 42.9 Å². The smallest absolute Gasteiger partial charge is 0.323 e. The van der Waals surface area contributed by atoms with Gasteiger partial charge in [0.15, 0.2) is 11.9 Å². The average Bonchev–Trinajstić information content (AvgIpc) is 3.19. The predicted molar refractivity (Wildman–Crippen MR) is 102 cm³/mol. The molecule has 1 atom stereocenters. The zero-order chi connectivity index (χ0) is 21.9. The van der Waals surface area contributed by atoms with E-state index in [-0.39, 0.29) is 10.9 Å². The third kappa shape index (κ3) is 4.39. The number of hydrogen-bond acceptors (Lipinski definition) is 6. The summed E-state index contributed by atoms with van der Waals surface area (Å²) in [5.41, 5.74) is -4.55. The molecule has 0 radical (unpaired) electrons. The molecule has 2 heterocycles. The van der Waals surface area contributed by atoms with E-state index in [1.807, 2.05) is 13.8 Å². The quantitative estimate of drug-likeness (QED) is 0.575. The van der Waals surface area contributed by atoms with Crippen molar-refractivity contribution in [2.24, 2.45) is 5.92 Å². The van der Waals surface area contributed by atoms with Crippen LogP contribution in [0.1, 0.15) is 25.1 Å². The molecule has 0 saturated carbocycles. The molecule has 0 spiro atoms. The van der Waals surface area contributed by atoms with Crippen LogP contribution in [0.25, 0.3) is 0 Å². The van der Waals surface area contributed by atoms with Crippen LogP contribution in [0.4, 0.5) is 13.2 Å². The fourth-order valence-corrected chi connectivity index (χ4v) is 2.93. The largest absolute Gasteiger partial charge is 0.492 e. The van der Waals surface area contributed by atoms with E-state index in [4.69, 9.17) is 16.3 Å². The summed E-state index contributed by atoms with van der Waals surface area (Å²) in [4.78, 5) is 4.49. The number of hydrogen-bond donors (Lipinski definition) is 1. The Hall–Kier alpha value is -2.72. The molecule has 0 bridgehead atoms. The number of ether oxygens (including phenoxy) is 1. The van der Waals surface area contributed by atoms with E-state index in [0.29, 0.717) is 12.4 Å². The van der Waals surface area contributed by atoms with Crippen LogP contribution in [0.2, 0.25) is 5.02 Å². The Labute approximate surface area is 175 Å². The van der Waals surface area contributed by atoms with Crippen LogP contribution >= 0.6 is 11.6 Å².